The Bertz CT molecular complexity index is 224. The Hall–Kier alpha value is -1.06. The SMILES string of the molecule is CCOC(=O)[C@H]1CCC[C@H]1OC(C)=O. The number of hydrogen-bond acceptors (Lipinski definition) is 4. The van der Waals surface area contributed by atoms with Crippen molar-refractivity contribution in [3.05, 3.63) is 0 Å². The molecule has 0 aromatic carbocycles. The Morgan fingerprint density at radius 3 is 2.64 bits per heavy atom. The monoisotopic (exact) mass is 200 g/mol. The highest BCUT2D eigenvalue weighted by Gasteiger charge is 2.36. The minimum Gasteiger partial charge on any atom is -0.466 e. The molecule has 1 fully saturated rings. The van der Waals surface area contributed by atoms with Gasteiger partial charge in [-0.15, -0.1) is 0 Å². The molecule has 2 atom stereocenters. The van der Waals surface area contributed by atoms with Crippen molar-refractivity contribution >= 4 is 11.9 Å². The highest BCUT2D eigenvalue weighted by molar-refractivity contribution is 5.74. The molecule has 0 spiro atoms. The molecule has 0 aromatic heterocycles. The molecule has 0 N–H and O–H groups in total. The predicted octanol–water partition coefficient (Wildman–Crippen LogP) is 1.28. The number of rotatable bonds is 3. The molecule has 4 heteroatoms. The van der Waals surface area contributed by atoms with E-state index < -0.39 is 0 Å². The molecule has 0 aromatic rings. The normalized spacial score (nSPS) is 25.9. The molecule has 1 aliphatic carbocycles. The van der Waals surface area contributed by atoms with E-state index in [9.17, 15) is 9.59 Å². The number of esters is 2. The lowest BCUT2D eigenvalue weighted by Gasteiger charge is -2.17. The third kappa shape index (κ3) is 2.72. The molecule has 1 aliphatic rings. The first kappa shape index (κ1) is 11.0. The third-order valence-corrected chi connectivity index (χ3v) is 2.36. The lowest BCUT2D eigenvalue weighted by atomic mass is 10.1. The van der Waals surface area contributed by atoms with Crippen LogP contribution in [0.25, 0.3) is 0 Å². The van der Waals surface area contributed by atoms with Crippen LogP contribution in [0.5, 0.6) is 0 Å². The summed E-state index contributed by atoms with van der Waals surface area (Å²) >= 11 is 0. The fourth-order valence-corrected chi connectivity index (χ4v) is 1.80. The Kier molecular flexibility index (Phi) is 3.92. The molecule has 0 aliphatic heterocycles. The van der Waals surface area contributed by atoms with Crippen molar-refractivity contribution in [3.63, 3.8) is 0 Å². The molecule has 0 bridgehead atoms. The molecule has 0 unspecified atom stereocenters. The first-order valence-electron chi connectivity index (χ1n) is 4.99. The maximum Gasteiger partial charge on any atom is 0.312 e. The van der Waals surface area contributed by atoms with Crippen LogP contribution in [0.4, 0.5) is 0 Å². The van der Waals surface area contributed by atoms with Gasteiger partial charge in [0, 0.05) is 6.92 Å². The van der Waals surface area contributed by atoms with Crippen molar-refractivity contribution in [3.8, 4) is 0 Å². The fourth-order valence-electron chi connectivity index (χ4n) is 1.80. The summed E-state index contributed by atoms with van der Waals surface area (Å²) in [5.41, 5.74) is 0. The van der Waals surface area contributed by atoms with Gasteiger partial charge < -0.3 is 9.47 Å². The summed E-state index contributed by atoms with van der Waals surface area (Å²) in [5.74, 6) is -0.818. The standard InChI is InChI=1S/C10H16O4/c1-3-13-10(12)8-5-4-6-9(8)14-7(2)11/h8-9H,3-6H2,1-2H3/t8-,9+/m0/s1. The van der Waals surface area contributed by atoms with Crippen molar-refractivity contribution in [1.82, 2.24) is 0 Å². The zero-order chi connectivity index (χ0) is 10.6. The van der Waals surface area contributed by atoms with E-state index in [0.29, 0.717) is 6.61 Å². The summed E-state index contributed by atoms with van der Waals surface area (Å²) in [5, 5.41) is 0. The molecule has 4 nitrogen and oxygen atoms in total. The van der Waals surface area contributed by atoms with Crippen molar-refractivity contribution in [2.24, 2.45) is 5.92 Å². The second-order valence-corrected chi connectivity index (χ2v) is 3.44. The van der Waals surface area contributed by atoms with Crippen LogP contribution >= 0.6 is 0 Å². The maximum atomic E-state index is 11.4. The summed E-state index contributed by atoms with van der Waals surface area (Å²) < 4.78 is 9.96. The molecule has 1 rings (SSSR count). The molecule has 1 saturated carbocycles. The van der Waals surface area contributed by atoms with Gasteiger partial charge in [0.15, 0.2) is 0 Å². The first-order chi connectivity index (χ1) is 6.65. The Morgan fingerprint density at radius 1 is 1.36 bits per heavy atom. The molecule has 0 amide bonds. The molecule has 14 heavy (non-hydrogen) atoms. The van der Waals surface area contributed by atoms with Crippen LogP contribution in [0.1, 0.15) is 33.1 Å². The zero-order valence-corrected chi connectivity index (χ0v) is 8.62. The molecule has 0 radical (unpaired) electrons. The van der Waals surface area contributed by atoms with E-state index in [1.807, 2.05) is 0 Å². The Labute approximate surface area is 83.6 Å². The molecular formula is C10H16O4. The summed E-state index contributed by atoms with van der Waals surface area (Å²) in [6.45, 7) is 3.51. The van der Waals surface area contributed by atoms with Crippen LogP contribution in [0.2, 0.25) is 0 Å². The quantitative estimate of drug-likeness (QED) is 0.644. The van der Waals surface area contributed by atoms with E-state index in [1.54, 1.807) is 6.92 Å². The average Bonchev–Trinajstić information content (AvgIpc) is 2.51. The largest absolute Gasteiger partial charge is 0.466 e. The van der Waals surface area contributed by atoms with Gasteiger partial charge in [-0.2, -0.15) is 0 Å². The highest BCUT2D eigenvalue weighted by Crippen LogP contribution is 2.29. The lowest BCUT2D eigenvalue weighted by molar-refractivity contribution is -0.158. The smallest absolute Gasteiger partial charge is 0.312 e. The van der Waals surface area contributed by atoms with Gasteiger partial charge in [-0.25, -0.2) is 0 Å². The van der Waals surface area contributed by atoms with E-state index >= 15 is 0 Å². The number of carbonyl (C=O) groups is 2. The number of carbonyl (C=O) groups excluding carboxylic acids is 2. The molecule has 0 heterocycles. The Morgan fingerprint density at radius 2 is 2.07 bits per heavy atom. The van der Waals surface area contributed by atoms with E-state index in [0.717, 1.165) is 19.3 Å². The number of hydrogen-bond donors (Lipinski definition) is 0. The maximum absolute atomic E-state index is 11.4. The van der Waals surface area contributed by atoms with Crippen LogP contribution in [0.3, 0.4) is 0 Å². The van der Waals surface area contributed by atoms with E-state index in [4.69, 9.17) is 9.47 Å². The topological polar surface area (TPSA) is 52.6 Å². The summed E-state index contributed by atoms with van der Waals surface area (Å²) in [4.78, 5) is 22.2. The van der Waals surface area contributed by atoms with Gasteiger partial charge in [0.05, 0.1) is 12.5 Å². The minimum absolute atomic E-state index is 0.240. The van der Waals surface area contributed by atoms with Crippen LogP contribution in [-0.2, 0) is 19.1 Å². The van der Waals surface area contributed by atoms with Gasteiger partial charge in [0.25, 0.3) is 0 Å². The fraction of sp³-hybridized carbons (Fsp3) is 0.800. The van der Waals surface area contributed by atoms with Gasteiger partial charge in [-0.3, -0.25) is 9.59 Å². The summed E-state index contributed by atoms with van der Waals surface area (Å²) in [6, 6.07) is 0. The van der Waals surface area contributed by atoms with Crippen LogP contribution in [-0.4, -0.2) is 24.6 Å². The third-order valence-electron chi connectivity index (χ3n) is 2.36. The van der Waals surface area contributed by atoms with Crippen molar-refractivity contribution in [2.45, 2.75) is 39.2 Å². The Balaban J connectivity index is 2.50. The van der Waals surface area contributed by atoms with Gasteiger partial charge in [-0.05, 0) is 26.2 Å². The molecule has 0 saturated heterocycles. The van der Waals surface area contributed by atoms with E-state index in [1.165, 1.54) is 6.92 Å². The zero-order valence-electron chi connectivity index (χ0n) is 8.62. The van der Waals surface area contributed by atoms with Gasteiger partial charge in [0.1, 0.15) is 6.10 Å². The van der Waals surface area contributed by atoms with Crippen molar-refractivity contribution in [2.75, 3.05) is 6.61 Å². The van der Waals surface area contributed by atoms with Gasteiger partial charge in [-0.1, -0.05) is 0 Å². The second kappa shape index (κ2) is 4.98. The van der Waals surface area contributed by atoms with Crippen LogP contribution < -0.4 is 0 Å². The van der Waals surface area contributed by atoms with E-state index in [-0.39, 0.29) is 24.0 Å². The highest BCUT2D eigenvalue weighted by atomic mass is 16.6. The molecular weight excluding hydrogens is 184 g/mol. The number of ether oxygens (including phenoxy) is 2. The van der Waals surface area contributed by atoms with Crippen molar-refractivity contribution in [1.29, 1.82) is 0 Å². The second-order valence-electron chi connectivity index (χ2n) is 3.44. The summed E-state index contributed by atoms with van der Waals surface area (Å²) in [7, 11) is 0. The molecule has 80 valence electrons. The van der Waals surface area contributed by atoms with Crippen LogP contribution in [0, 0.1) is 5.92 Å². The van der Waals surface area contributed by atoms with Crippen molar-refractivity contribution < 1.29 is 19.1 Å². The summed E-state index contributed by atoms with van der Waals surface area (Å²) in [6.07, 6.45) is 2.17. The van der Waals surface area contributed by atoms with Crippen LogP contribution in [0.15, 0.2) is 0 Å². The van der Waals surface area contributed by atoms with E-state index in [2.05, 4.69) is 0 Å². The first-order valence-corrected chi connectivity index (χ1v) is 4.99. The average molecular weight is 200 g/mol. The minimum atomic E-state index is -0.328. The van der Waals surface area contributed by atoms with Gasteiger partial charge >= 0.3 is 11.9 Å². The predicted molar refractivity (Wildman–Crippen MR) is 49.5 cm³/mol. The van der Waals surface area contributed by atoms with Gasteiger partial charge in [0.2, 0.25) is 0 Å². The lowest BCUT2D eigenvalue weighted by Crippen LogP contribution is -2.28.